The number of halogens is 1. The lowest BCUT2D eigenvalue weighted by atomic mass is 10.1. The van der Waals surface area contributed by atoms with Gasteiger partial charge in [0.2, 0.25) is 0 Å². The second-order valence-corrected chi connectivity index (χ2v) is 3.89. The van der Waals surface area contributed by atoms with Crippen LogP contribution in [-0.4, -0.2) is 9.78 Å². The molecule has 1 heterocycles. The summed E-state index contributed by atoms with van der Waals surface area (Å²) in [5.74, 6) is -0.444. The fraction of sp³-hybridized carbons (Fsp3) is 0.154. The number of benzene rings is 1. The molecule has 0 unspecified atom stereocenters. The van der Waals surface area contributed by atoms with E-state index in [-0.39, 0.29) is 5.56 Å². The second kappa shape index (κ2) is 4.41. The van der Waals surface area contributed by atoms with Crippen LogP contribution >= 0.6 is 0 Å². The normalized spacial score (nSPS) is 10.1. The molecule has 0 spiro atoms. The van der Waals surface area contributed by atoms with Gasteiger partial charge >= 0.3 is 0 Å². The molecule has 0 N–H and O–H groups in total. The summed E-state index contributed by atoms with van der Waals surface area (Å²) in [7, 11) is 0. The van der Waals surface area contributed by atoms with E-state index >= 15 is 0 Å². The molecule has 0 aliphatic carbocycles. The first-order valence-corrected chi connectivity index (χ1v) is 5.31. The van der Waals surface area contributed by atoms with Crippen LogP contribution in [0.4, 0.5) is 4.39 Å². The lowest BCUT2D eigenvalue weighted by Gasteiger charge is -2.08. The Morgan fingerprint density at radius 2 is 2.11 bits per heavy atom. The van der Waals surface area contributed by atoms with Crippen LogP contribution in [0.5, 0.6) is 0 Å². The molecule has 0 saturated carbocycles. The molecule has 90 valence electrons. The van der Waals surface area contributed by atoms with Crippen LogP contribution in [0.1, 0.15) is 16.8 Å². The van der Waals surface area contributed by atoms with Gasteiger partial charge in [-0.3, -0.25) is 4.79 Å². The van der Waals surface area contributed by atoms with Gasteiger partial charge in [-0.1, -0.05) is 6.07 Å². The molecule has 2 aromatic rings. The minimum absolute atomic E-state index is 0.271. The highest BCUT2D eigenvalue weighted by molar-refractivity contribution is 5.40. The van der Waals surface area contributed by atoms with E-state index in [1.165, 1.54) is 18.2 Å². The van der Waals surface area contributed by atoms with Gasteiger partial charge in [0.1, 0.15) is 11.9 Å². The maximum absolute atomic E-state index is 13.1. The van der Waals surface area contributed by atoms with E-state index in [1.54, 1.807) is 19.9 Å². The van der Waals surface area contributed by atoms with Crippen LogP contribution in [0.15, 0.2) is 29.1 Å². The number of hydrogen-bond acceptors (Lipinski definition) is 3. The Morgan fingerprint density at radius 3 is 2.72 bits per heavy atom. The van der Waals surface area contributed by atoms with Crippen LogP contribution in [0.3, 0.4) is 0 Å². The molecular weight excluding hydrogens is 233 g/mol. The Kier molecular flexibility index (Phi) is 2.94. The first kappa shape index (κ1) is 12.0. The Balaban J connectivity index is 2.75. The van der Waals surface area contributed by atoms with Crippen molar-refractivity contribution >= 4 is 0 Å². The van der Waals surface area contributed by atoms with E-state index in [1.807, 2.05) is 6.07 Å². The number of aromatic nitrogens is 2. The minimum Gasteiger partial charge on any atom is -0.267 e. The summed E-state index contributed by atoms with van der Waals surface area (Å²) < 4.78 is 14.2. The van der Waals surface area contributed by atoms with Crippen LogP contribution < -0.4 is 5.56 Å². The fourth-order valence-electron chi connectivity index (χ4n) is 1.73. The largest absolute Gasteiger partial charge is 0.275 e. The number of nitriles is 1. The van der Waals surface area contributed by atoms with Crippen molar-refractivity contribution in [2.45, 2.75) is 13.8 Å². The molecule has 0 saturated heterocycles. The van der Waals surface area contributed by atoms with Gasteiger partial charge in [0.25, 0.3) is 5.56 Å². The van der Waals surface area contributed by atoms with Gasteiger partial charge < -0.3 is 0 Å². The number of hydrogen-bond donors (Lipinski definition) is 0. The SMILES string of the molecule is Cc1nn(-c2cccc(F)c2)c(=O)c(C)c1C#N. The van der Waals surface area contributed by atoms with Gasteiger partial charge in [0.05, 0.1) is 16.9 Å². The van der Waals surface area contributed by atoms with Crippen molar-refractivity contribution in [3.63, 3.8) is 0 Å². The molecule has 1 aromatic heterocycles. The third kappa shape index (κ3) is 1.89. The molecule has 1 aromatic carbocycles. The highest BCUT2D eigenvalue weighted by atomic mass is 19.1. The molecule has 0 radical (unpaired) electrons. The van der Waals surface area contributed by atoms with Crippen LogP contribution in [-0.2, 0) is 0 Å². The van der Waals surface area contributed by atoms with Gasteiger partial charge in [0, 0.05) is 5.56 Å². The van der Waals surface area contributed by atoms with E-state index in [0.717, 1.165) is 4.68 Å². The molecule has 0 fully saturated rings. The maximum Gasteiger partial charge on any atom is 0.275 e. The van der Waals surface area contributed by atoms with Gasteiger partial charge in [-0.2, -0.15) is 15.0 Å². The topological polar surface area (TPSA) is 58.7 Å². The molecule has 2 rings (SSSR count). The van der Waals surface area contributed by atoms with E-state index in [2.05, 4.69) is 5.10 Å². The van der Waals surface area contributed by atoms with E-state index < -0.39 is 11.4 Å². The molecule has 18 heavy (non-hydrogen) atoms. The fourth-order valence-corrected chi connectivity index (χ4v) is 1.73. The summed E-state index contributed by atoms with van der Waals surface area (Å²) in [6.45, 7) is 3.20. The van der Waals surface area contributed by atoms with Gasteiger partial charge in [-0.15, -0.1) is 0 Å². The van der Waals surface area contributed by atoms with Crippen molar-refractivity contribution in [3.8, 4) is 11.8 Å². The molecule has 0 aliphatic rings. The predicted octanol–water partition coefficient (Wildman–Crippen LogP) is 1.86. The van der Waals surface area contributed by atoms with Crippen molar-refractivity contribution in [3.05, 3.63) is 57.3 Å². The van der Waals surface area contributed by atoms with Crippen LogP contribution in [0, 0.1) is 31.0 Å². The van der Waals surface area contributed by atoms with Crippen molar-refractivity contribution in [2.75, 3.05) is 0 Å². The second-order valence-electron chi connectivity index (χ2n) is 3.89. The third-order valence-electron chi connectivity index (χ3n) is 2.66. The zero-order valence-electron chi connectivity index (χ0n) is 9.94. The lowest BCUT2D eigenvalue weighted by molar-refractivity contribution is 0.624. The summed E-state index contributed by atoms with van der Waals surface area (Å²) in [5.41, 5.74) is 0.958. The first-order valence-electron chi connectivity index (χ1n) is 5.31. The van der Waals surface area contributed by atoms with E-state index in [9.17, 15) is 9.18 Å². The maximum atomic E-state index is 13.1. The third-order valence-corrected chi connectivity index (χ3v) is 2.66. The van der Waals surface area contributed by atoms with E-state index in [4.69, 9.17) is 5.26 Å². The predicted molar refractivity (Wildman–Crippen MR) is 64.0 cm³/mol. The Bertz CT molecular complexity index is 713. The smallest absolute Gasteiger partial charge is 0.267 e. The highest BCUT2D eigenvalue weighted by Crippen LogP contribution is 2.10. The highest BCUT2D eigenvalue weighted by Gasteiger charge is 2.12. The Hall–Kier alpha value is -2.48. The molecule has 0 bridgehead atoms. The van der Waals surface area contributed by atoms with Crippen molar-refractivity contribution in [1.29, 1.82) is 5.26 Å². The monoisotopic (exact) mass is 243 g/mol. The van der Waals surface area contributed by atoms with Gasteiger partial charge in [-0.05, 0) is 32.0 Å². The van der Waals surface area contributed by atoms with Gasteiger partial charge in [-0.25, -0.2) is 4.39 Å². The standard InChI is InChI=1S/C13H10FN3O/c1-8-12(7-15)9(2)16-17(13(8)18)11-5-3-4-10(14)6-11/h3-6H,1-2H3. The minimum atomic E-state index is -0.444. The lowest BCUT2D eigenvalue weighted by Crippen LogP contribution is -2.25. The van der Waals surface area contributed by atoms with Crippen LogP contribution in [0.25, 0.3) is 5.69 Å². The Labute approximate surface area is 103 Å². The molecule has 0 aliphatic heterocycles. The summed E-state index contributed by atoms with van der Waals surface area (Å²) in [6, 6.07) is 7.54. The first-order chi connectivity index (χ1) is 8.54. The van der Waals surface area contributed by atoms with Crippen molar-refractivity contribution in [2.24, 2.45) is 0 Å². The molecular formula is C13H10FN3O. The molecule has 4 nitrogen and oxygen atoms in total. The van der Waals surface area contributed by atoms with Gasteiger partial charge in [0.15, 0.2) is 0 Å². The van der Waals surface area contributed by atoms with Crippen molar-refractivity contribution in [1.82, 2.24) is 9.78 Å². The van der Waals surface area contributed by atoms with Crippen molar-refractivity contribution < 1.29 is 4.39 Å². The van der Waals surface area contributed by atoms with E-state index in [0.29, 0.717) is 16.9 Å². The number of nitrogens with zero attached hydrogens (tertiary/aromatic N) is 3. The summed E-state index contributed by atoms with van der Waals surface area (Å²) in [4.78, 5) is 12.0. The average Bonchev–Trinajstić information content (AvgIpc) is 2.34. The summed E-state index contributed by atoms with van der Waals surface area (Å²) in [5, 5.41) is 13.0. The average molecular weight is 243 g/mol. The summed E-state index contributed by atoms with van der Waals surface area (Å²) >= 11 is 0. The zero-order chi connectivity index (χ0) is 13.3. The summed E-state index contributed by atoms with van der Waals surface area (Å²) in [6.07, 6.45) is 0. The molecule has 0 amide bonds. The van der Waals surface area contributed by atoms with Crippen LogP contribution in [0.2, 0.25) is 0 Å². The Morgan fingerprint density at radius 1 is 1.39 bits per heavy atom. The number of aryl methyl sites for hydroxylation is 1. The number of rotatable bonds is 1. The quantitative estimate of drug-likeness (QED) is 0.768. The zero-order valence-corrected chi connectivity index (χ0v) is 9.94. The molecule has 0 atom stereocenters. The molecule has 5 heteroatoms.